The van der Waals surface area contributed by atoms with Crippen molar-refractivity contribution < 1.29 is 14.7 Å². The molecular weight excluding hydrogens is 344 g/mol. The zero-order valence-corrected chi connectivity index (χ0v) is 15.8. The summed E-state index contributed by atoms with van der Waals surface area (Å²) in [6.07, 6.45) is 4.28. The Bertz CT molecular complexity index is 805. The van der Waals surface area contributed by atoms with Gasteiger partial charge in [0.15, 0.2) is 0 Å². The van der Waals surface area contributed by atoms with Crippen LogP contribution in [0, 0.1) is 0 Å². The van der Waals surface area contributed by atoms with Crippen molar-refractivity contribution in [2.45, 2.75) is 25.2 Å². The fourth-order valence-corrected chi connectivity index (χ4v) is 3.41. The van der Waals surface area contributed by atoms with Crippen LogP contribution in [-0.4, -0.2) is 58.1 Å². The van der Waals surface area contributed by atoms with Crippen LogP contribution in [0.1, 0.15) is 41.2 Å². The maximum absolute atomic E-state index is 12.0. The van der Waals surface area contributed by atoms with Gasteiger partial charge in [-0.2, -0.15) is 0 Å². The second-order valence-corrected chi connectivity index (χ2v) is 7.15. The number of carbonyl (C=O) groups is 2. The molecule has 1 aromatic carbocycles. The molecule has 2 heterocycles. The van der Waals surface area contributed by atoms with Crippen LogP contribution in [0.3, 0.4) is 0 Å². The predicted octanol–water partition coefficient (Wildman–Crippen LogP) is 2.10. The summed E-state index contributed by atoms with van der Waals surface area (Å²) in [4.78, 5) is 29.8. The van der Waals surface area contributed by atoms with Gasteiger partial charge >= 0.3 is 5.97 Å². The lowest BCUT2D eigenvalue weighted by molar-refractivity contribution is -0.136. The van der Waals surface area contributed by atoms with Crippen molar-refractivity contribution in [1.29, 1.82) is 0 Å². The summed E-state index contributed by atoms with van der Waals surface area (Å²) in [6, 6.07) is 7.25. The molecule has 0 radical (unpaired) electrons. The molecular formula is C20H26N4O3. The van der Waals surface area contributed by atoms with Gasteiger partial charge in [-0.05, 0) is 45.1 Å². The summed E-state index contributed by atoms with van der Waals surface area (Å²) in [5, 5.41) is 11.2. The topological polar surface area (TPSA) is 87.5 Å². The monoisotopic (exact) mass is 370 g/mol. The van der Waals surface area contributed by atoms with Gasteiger partial charge in [0.1, 0.15) is 5.82 Å². The number of imidazole rings is 1. The first kappa shape index (κ1) is 19.1. The van der Waals surface area contributed by atoms with Gasteiger partial charge in [0, 0.05) is 36.8 Å². The lowest BCUT2D eigenvalue weighted by Gasteiger charge is -2.27. The van der Waals surface area contributed by atoms with Crippen LogP contribution in [0.25, 0.3) is 11.4 Å². The number of hydrogen-bond acceptors (Lipinski definition) is 4. The van der Waals surface area contributed by atoms with E-state index in [-0.39, 0.29) is 18.9 Å². The molecule has 0 unspecified atom stereocenters. The first-order valence-electron chi connectivity index (χ1n) is 9.26. The molecule has 1 saturated heterocycles. The summed E-state index contributed by atoms with van der Waals surface area (Å²) in [5.41, 5.74) is 2.60. The molecule has 7 nitrogen and oxygen atoms in total. The zero-order valence-electron chi connectivity index (χ0n) is 15.8. The van der Waals surface area contributed by atoms with Crippen LogP contribution in [0.2, 0.25) is 0 Å². The average molecular weight is 370 g/mol. The van der Waals surface area contributed by atoms with Crippen molar-refractivity contribution in [3.8, 4) is 11.4 Å². The van der Waals surface area contributed by atoms with Crippen LogP contribution in [0.5, 0.6) is 0 Å². The van der Waals surface area contributed by atoms with Gasteiger partial charge in [-0.1, -0.05) is 12.1 Å². The van der Waals surface area contributed by atoms with Gasteiger partial charge in [0.05, 0.1) is 12.1 Å². The number of hydrogen-bond donors (Lipinski definition) is 2. The van der Waals surface area contributed by atoms with Crippen LogP contribution in [0.4, 0.5) is 0 Å². The van der Waals surface area contributed by atoms with Crippen molar-refractivity contribution in [1.82, 2.24) is 19.8 Å². The molecule has 3 rings (SSSR count). The Kier molecular flexibility index (Phi) is 5.91. The van der Waals surface area contributed by atoms with E-state index in [4.69, 9.17) is 10.1 Å². The Hall–Kier alpha value is -2.67. The average Bonchev–Trinajstić information content (AvgIpc) is 3.04. The maximum atomic E-state index is 12.0. The Morgan fingerprint density at radius 2 is 1.85 bits per heavy atom. The van der Waals surface area contributed by atoms with Crippen LogP contribution in [0.15, 0.2) is 30.5 Å². The van der Waals surface area contributed by atoms with Crippen molar-refractivity contribution in [3.05, 3.63) is 41.7 Å². The molecule has 1 amide bonds. The molecule has 0 aliphatic carbocycles. The van der Waals surface area contributed by atoms with E-state index >= 15 is 0 Å². The highest BCUT2D eigenvalue weighted by Gasteiger charge is 2.21. The highest BCUT2D eigenvalue weighted by Crippen LogP contribution is 2.29. The fourth-order valence-electron chi connectivity index (χ4n) is 3.41. The van der Waals surface area contributed by atoms with Gasteiger partial charge in [0.25, 0.3) is 5.91 Å². The molecule has 27 heavy (non-hydrogen) atoms. The molecule has 1 aromatic heterocycles. The third kappa shape index (κ3) is 4.74. The number of aryl methyl sites for hydroxylation is 1. The van der Waals surface area contributed by atoms with E-state index in [1.54, 1.807) is 12.1 Å². The quantitative estimate of drug-likeness (QED) is 0.813. The van der Waals surface area contributed by atoms with Crippen molar-refractivity contribution >= 4 is 11.9 Å². The van der Waals surface area contributed by atoms with Gasteiger partial charge in [-0.15, -0.1) is 0 Å². The molecule has 7 heteroatoms. The molecule has 2 N–H and O–H groups in total. The summed E-state index contributed by atoms with van der Waals surface area (Å²) < 4.78 is 2.04. The maximum Gasteiger partial charge on any atom is 0.305 e. The molecule has 1 aliphatic rings. The highest BCUT2D eigenvalue weighted by atomic mass is 16.4. The van der Waals surface area contributed by atoms with Gasteiger partial charge in [-0.3, -0.25) is 9.59 Å². The zero-order chi connectivity index (χ0) is 19.4. The largest absolute Gasteiger partial charge is 0.481 e. The third-order valence-electron chi connectivity index (χ3n) is 5.06. The Morgan fingerprint density at radius 1 is 1.19 bits per heavy atom. The number of benzene rings is 1. The lowest BCUT2D eigenvalue weighted by atomic mass is 9.94. The molecule has 0 bridgehead atoms. The molecule has 1 fully saturated rings. The number of carbonyl (C=O) groups excluding carboxylic acids is 1. The second-order valence-electron chi connectivity index (χ2n) is 7.15. The van der Waals surface area contributed by atoms with E-state index in [9.17, 15) is 9.59 Å². The standard InChI is InChI=1S/C20H26N4O3/c1-23-11-8-14(9-12-23)17-13-24(2)19(22-17)15-3-5-16(6-4-15)20(27)21-10-7-18(25)26/h3-6,13-14H,7-12H2,1-2H3,(H,21,27)(H,25,26). The van der Waals surface area contributed by atoms with Crippen molar-refractivity contribution in [2.24, 2.45) is 7.05 Å². The predicted molar refractivity (Wildman–Crippen MR) is 103 cm³/mol. The number of amides is 1. The van der Waals surface area contributed by atoms with E-state index in [0.29, 0.717) is 11.5 Å². The Labute approximate surface area is 159 Å². The number of rotatable bonds is 6. The van der Waals surface area contributed by atoms with Crippen molar-refractivity contribution in [2.75, 3.05) is 26.7 Å². The van der Waals surface area contributed by atoms with Crippen LogP contribution >= 0.6 is 0 Å². The minimum absolute atomic E-state index is 0.0865. The number of likely N-dealkylation sites (tertiary alicyclic amines) is 1. The second kappa shape index (κ2) is 8.35. The lowest BCUT2D eigenvalue weighted by Crippen LogP contribution is -2.29. The van der Waals surface area contributed by atoms with E-state index in [1.165, 1.54) is 0 Å². The number of nitrogens with one attached hydrogen (secondary N) is 1. The molecule has 0 spiro atoms. The Balaban J connectivity index is 1.68. The number of nitrogens with zero attached hydrogens (tertiary/aromatic N) is 3. The van der Waals surface area contributed by atoms with Crippen LogP contribution < -0.4 is 5.32 Å². The van der Waals surface area contributed by atoms with Gasteiger partial charge < -0.3 is 19.9 Å². The summed E-state index contributed by atoms with van der Waals surface area (Å²) >= 11 is 0. The van der Waals surface area contributed by atoms with Crippen molar-refractivity contribution in [3.63, 3.8) is 0 Å². The molecule has 1 aliphatic heterocycles. The minimum atomic E-state index is -0.930. The van der Waals surface area contributed by atoms with E-state index < -0.39 is 5.97 Å². The number of carboxylic acid groups (broad SMARTS) is 1. The molecule has 0 saturated carbocycles. The third-order valence-corrected chi connectivity index (χ3v) is 5.06. The Morgan fingerprint density at radius 3 is 2.48 bits per heavy atom. The number of aromatic nitrogens is 2. The fraction of sp³-hybridized carbons (Fsp3) is 0.450. The number of piperidine rings is 1. The molecule has 0 atom stereocenters. The molecule has 144 valence electrons. The van der Waals surface area contributed by atoms with Crippen LogP contribution in [-0.2, 0) is 11.8 Å². The SMILES string of the molecule is CN1CCC(c2cn(C)c(-c3ccc(C(=O)NCCC(=O)O)cc3)n2)CC1. The van der Waals surface area contributed by atoms with Gasteiger partial charge in [-0.25, -0.2) is 4.98 Å². The number of aliphatic carboxylic acids is 1. The molecule has 2 aromatic rings. The van der Waals surface area contributed by atoms with E-state index in [1.807, 2.05) is 23.7 Å². The normalized spacial score (nSPS) is 15.6. The van der Waals surface area contributed by atoms with E-state index in [0.717, 1.165) is 43.0 Å². The minimum Gasteiger partial charge on any atom is -0.481 e. The number of carboxylic acids is 1. The first-order chi connectivity index (χ1) is 12.9. The highest BCUT2D eigenvalue weighted by molar-refractivity contribution is 5.94. The smallest absolute Gasteiger partial charge is 0.305 e. The summed E-state index contributed by atoms with van der Waals surface area (Å²) in [6.45, 7) is 2.32. The summed E-state index contributed by atoms with van der Waals surface area (Å²) in [5.74, 6) is 0.192. The van der Waals surface area contributed by atoms with Gasteiger partial charge in [0.2, 0.25) is 0 Å². The summed E-state index contributed by atoms with van der Waals surface area (Å²) in [7, 11) is 4.15. The first-order valence-corrected chi connectivity index (χ1v) is 9.26. The van der Waals surface area contributed by atoms with E-state index in [2.05, 4.69) is 23.5 Å².